The van der Waals surface area contributed by atoms with E-state index in [4.69, 9.17) is 0 Å². The second-order valence-corrected chi connectivity index (χ2v) is 5.53. The first-order valence-electron chi connectivity index (χ1n) is 9.28. The van der Waals surface area contributed by atoms with Crippen LogP contribution in [-0.4, -0.2) is 13.1 Å². The van der Waals surface area contributed by atoms with Gasteiger partial charge in [0.15, 0.2) is 0 Å². The lowest BCUT2D eigenvalue weighted by Gasteiger charge is -1.93. The molecule has 0 fully saturated rings. The van der Waals surface area contributed by atoms with Crippen molar-refractivity contribution in [3.05, 3.63) is 72.9 Å². The third-order valence-electron chi connectivity index (χ3n) is 3.34. The highest BCUT2D eigenvalue weighted by Crippen LogP contribution is 1.98. The highest BCUT2D eigenvalue weighted by Gasteiger charge is 1.94. The molecule has 0 aromatic carbocycles. The van der Waals surface area contributed by atoms with Crippen molar-refractivity contribution in [2.24, 2.45) is 0 Å². The van der Waals surface area contributed by atoms with Crippen LogP contribution in [0.25, 0.3) is 0 Å². The van der Waals surface area contributed by atoms with E-state index in [-0.39, 0.29) is 5.97 Å². The van der Waals surface area contributed by atoms with Crippen LogP contribution in [0.15, 0.2) is 72.9 Å². The van der Waals surface area contributed by atoms with Crippen molar-refractivity contribution in [1.82, 2.24) is 0 Å². The Morgan fingerprint density at radius 3 is 1.36 bits per heavy atom. The quantitative estimate of drug-likeness (QED) is 0.261. The van der Waals surface area contributed by atoms with E-state index >= 15 is 0 Å². The first-order valence-corrected chi connectivity index (χ1v) is 9.28. The Labute approximate surface area is 154 Å². The van der Waals surface area contributed by atoms with Gasteiger partial charge in [0, 0.05) is 6.42 Å². The summed E-state index contributed by atoms with van der Waals surface area (Å²) in [5.41, 5.74) is 0. The van der Waals surface area contributed by atoms with Crippen LogP contribution in [0.4, 0.5) is 0 Å². The van der Waals surface area contributed by atoms with Crippen LogP contribution in [0.5, 0.6) is 0 Å². The number of carbonyl (C=O) groups is 1. The molecule has 0 amide bonds. The van der Waals surface area contributed by atoms with Gasteiger partial charge < -0.3 is 4.74 Å². The first kappa shape index (κ1) is 22.9. The summed E-state index contributed by atoms with van der Waals surface area (Å²) < 4.78 is 4.58. The predicted octanol–water partition coefficient (Wildman–Crippen LogP) is 6.64. The van der Waals surface area contributed by atoms with Gasteiger partial charge in [0.05, 0.1) is 7.11 Å². The van der Waals surface area contributed by atoms with E-state index in [0.717, 1.165) is 44.9 Å². The molecule has 0 spiro atoms. The lowest BCUT2D eigenvalue weighted by molar-refractivity contribution is -0.140. The standard InChI is InChI=1S/C23H34O2/c1-3-4-5-6-7-8-9-10-11-12-13-14-15-16-17-18-19-20-21-22-23(24)25-2/h4-5,7-8,10-11,13-14,16-17,19-20H,3,6,9,12,15,18,21-22H2,1-2H3/b5-4+,8-7+,11-10+,14-13+,17-16-,20-19-. The maximum absolute atomic E-state index is 10.9. The Kier molecular flexibility index (Phi) is 18.3. The zero-order valence-corrected chi connectivity index (χ0v) is 15.9. The van der Waals surface area contributed by atoms with Crippen molar-refractivity contribution < 1.29 is 9.53 Å². The van der Waals surface area contributed by atoms with Gasteiger partial charge in [-0.2, -0.15) is 0 Å². The minimum atomic E-state index is -0.153. The SMILES string of the molecule is CC/C=C/C/C=C/C/C=C/C/C=C/C/C=C\C/C=C\CCC(=O)OC. The molecule has 2 heteroatoms. The Bertz CT molecular complexity index is 476. The second-order valence-electron chi connectivity index (χ2n) is 5.53. The van der Waals surface area contributed by atoms with Gasteiger partial charge in [0.2, 0.25) is 0 Å². The molecule has 0 aliphatic heterocycles. The molecule has 0 aromatic rings. The maximum Gasteiger partial charge on any atom is 0.305 e. The van der Waals surface area contributed by atoms with E-state index in [1.54, 1.807) is 0 Å². The molecule has 0 saturated heterocycles. The molecule has 0 rings (SSSR count). The van der Waals surface area contributed by atoms with Gasteiger partial charge in [0.25, 0.3) is 0 Å². The Morgan fingerprint density at radius 2 is 1.00 bits per heavy atom. The molecular formula is C23H34O2. The topological polar surface area (TPSA) is 26.3 Å². The van der Waals surface area contributed by atoms with Crippen LogP contribution in [0.3, 0.4) is 0 Å². The molecule has 0 aromatic heterocycles. The third-order valence-corrected chi connectivity index (χ3v) is 3.34. The number of carbonyl (C=O) groups excluding carboxylic acids is 1. The molecule has 0 unspecified atom stereocenters. The Hall–Kier alpha value is -2.09. The van der Waals surface area contributed by atoms with Crippen molar-refractivity contribution in [3.8, 4) is 0 Å². The summed E-state index contributed by atoms with van der Waals surface area (Å²) in [7, 11) is 1.42. The zero-order chi connectivity index (χ0) is 18.4. The average Bonchev–Trinajstić information content (AvgIpc) is 2.63. The van der Waals surface area contributed by atoms with Gasteiger partial charge in [0.1, 0.15) is 0 Å². The van der Waals surface area contributed by atoms with E-state index < -0.39 is 0 Å². The van der Waals surface area contributed by atoms with E-state index in [9.17, 15) is 4.79 Å². The summed E-state index contributed by atoms with van der Waals surface area (Å²) in [6, 6.07) is 0. The molecule has 138 valence electrons. The predicted molar refractivity (Wildman–Crippen MR) is 109 cm³/mol. The van der Waals surface area contributed by atoms with E-state index in [2.05, 4.69) is 78.5 Å². The molecule has 0 bridgehead atoms. The summed E-state index contributed by atoms with van der Waals surface area (Å²) in [5.74, 6) is -0.153. The minimum absolute atomic E-state index is 0.153. The molecular weight excluding hydrogens is 308 g/mol. The van der Waals surface area contributed by atoms with Crippen LogP contribution in [0.2, 0.25) is 0 Å². The van der Waals surface area contributed by atoms with Crippen LogP contribution in [-0.2, 0) is 9.53 Å². The number of esters is 1. The third kappa shape index (κ3) is 19.9. The smallest absolute Gasteiger partial charge is 0.305 e. The molecule has 0 aliphatic rings. The van der Waals surface area contributed by atoms with E-state index in [1.807, 2.05) is 6.08 Å². The van der Waals surface area contributed by atoms with Gasteiger partial charge >= 0.3 is 5.97 Å². The van der Waals surface area contributed by atoms with Crippen molar-refractivity contribution in [1.29, 1.82) is 0 Å². The fourth-order valence-corrected chi connectivity index (χ4v) is 1.94. The number of hydrogen-bond donors (Lipinski definition) is 0. The van der Waals surface area contributed by atoms with Gasteiger partial charge in [-0.1, -0.05) is 79.8 Å². The monoisotopic (exact) mass is 342 g/mol. The van der Waals surface area contributed by atoms with Crippen molar-refractivity contribution in [3.63, 3.8) is 0 Å². The lowest BCUT2D eigenvalue weighted by atomic mass is 10.2. The first-order chi connectivity index (χ1) is 12.3. The minimum Gasteiger partial charge on any atom is -0.469 e. The number of rotatable bonds is 14. The Morgan fingerprint density at radius 1 is 0.640 bits per heavy atom. The molecule has 0 radical (unpaired) electrons. The molecule has 0 saturated carbocycles. The maximum atomic E-state index is 10.9. The number of ether oxygens (including phenoxy) is 1. The van der Waals surface area contributed by atoms with Crippen molar-refractivity contribution >= 4 is 5.97 Å². The summed E-state index contributed by atoms with van der Waals surface area (Å²) in [4.78, 5) is 10.9. The summed E-state index contributed by atoms with van der Waals surface area (Å²) >= 11 is 0. The van der Waals surface area contributed by atoms with Gasteiger partial charge in [-0.05, 0) is 44.9 Å². The molecule has 2 nitrogen and oxygen atoms in total. The summed E-state index contributed by atoms with van der Waals surface area (Å²) in [6.45, 7) is 2.15. The highest BCUT2D eigenvalue weighted by molar-refractivity contribution is 5.69. The lowest BCUT2D eigenvalue weighted by Crippen LogP contribution is -1.97. The number of hydrogen-bond acceptors (Lipinski definition) is 2. The van der Waals surface area contributed by atoms with Crippen LogP contribution in [0.1, 0.15) is 58.3 Å². The van der Waals surface area contributed by atoms with Crippen LogP contribution in [0, 0.1) is 0 Å². The number of allylic oxidation sites excluding steroid dienone is 12. The van der Waals surface area contributed by atoms with Crippen LogP contribution < -0.4 is 0 Å². The number of methoxy groups -OCH3 is 1. The van der Waals surface area contributed by atoms with Gasteiger partial charge in [-0.15, -0.1) is 0 Å². The normalized spacial score (nSPS) is 12.9. The average molecular weight is 343 g/mol. The van der Waals surface area contributed by atoms with E-state index in [1.165, 1.54) is 7.11 Å². The second kappa shape index (κ2) is 20.0. The molecule has 25 heavy (non-hydrogen) atoms. The zero-order valence-electron chi connectivity index (χ0n) is 15.9. The fraction of sp³-hybridized carbons (Fsp3) is 0.435. The van der Waals surface area contributed by atoms with Gasteiger partial charge in [-0.25, -0.2) is 0 Å². The summed E-state index contributed by atoms with van der Waals surface area (Å²) in [6.07, 6.45) is 33.3. The highest BCUT2D eigenvalue weighted by atomic mass is 16.5. The summed E-state index contributed by atoms with van der Waals surface area (Å²) in [5, 5.41) is 0. The molecule has 0 aliphatic carbocycles. The molecule has 0 heterocycles. The van der Waals surface area contributed by atoms with Crippen molar-refractivity contribution in [2.75, 3.05) is 7.11 Å². The Balaban J connectivity index is 3.53. The van der Waals surface area contributed by atoms with Gasteiger partial charge in [-0.3, -0.25) is 4.79 Å². The largest absolute Gasteiger partial charge is 0.469 e. The van der Waals surface area contributed by atoms with E-state index in [0.29, 0.717) is 6.42 Å². The molecule has 0 N–H and O–H groups in total. The fourth-order valence-electron chi connectivity index (χ4n) is 1.94. The molecule has 0 atom stereocenters. The van der Waals surface area contributed by atoms with Crippen molar-refractivity contribution in [2.45, 2.75) is 58.3 Å². The van der Waals surface area contributed by atoms with Crippen LogP contribution >= 0.6 is 0 Å².